The third-order valence-corrected chi connectivity index (χ3v) is 2.04. The van der Waals surface area contributed by atoms with Gasteiger partial charge in [0, 0.05) is 6.04 Å². The van der Waals surface area contributed by atoms with E-state index >= 15 is 0 Å². The monoisotopic (exact) mass is 163 g/mol. The Morgan fingerprint density at radius 1 is 1.25 bits per heavy atom. The molecule has 0 radical (unpaired) electrons. The second-order valence-corrected chi connectivity index (χ2v) is 3.30. The van der Waals surface area contributed by atoms with Gasteiger partial charge in [-0.25, -0.2) is 0 Å². The molecule has 1 unspecified atom stereocenters. The SMILES string of the molecule is CCc1ccccc1CC(C)N. The first-order valence-electron chi connectivity index (χ1n) is 4.56. The minimum Gasteiger partial charge on any atom is -0.328 e. The van der Waals surface area contributed by atoms with Gasteiger partial charge in [0.1, 0.15) is 0 Å². The molecule has 1 rings (SSSR count). The highest BCUT2D eigenvalue weighted by molar-refractivity contribution is 5.27. The Morgan fingerprint density at radius 2 is 1.83 bits per heavy atom. The van der Waals surface area contributed by atoms with Crippen LogP contribution in [0.2, 0.25) is 0 Å². The lowest BCUT2D eigenvalue weighted by atomic mass is 10.00. The Kier molecular flexibility index (Phi) is 3.30. The molecule has 0 amide bonds. The fraction of sp³-hybridized carbons (Fsp3) is 0.455. The van der Waals surface area contributed by atoms with E-state index in [4.69, 9.17) is 5.73 Å². The van der Waals surface area contributed by atoms with E-state index in [-0.39, 0.29) is 6.04 Å². The number of aryl methyl sites for hydroxylation is 1. The van der Waals surface area contributed by atoms with E-state index < -0.39 is 0 Å². The van der Waals surface area contributed by atoms with Crippen LogP contribution in [0.25, 0.3) is 0 Å². The van der Waals surface area contributed by atoms with E-state index in [1.807, 2.05) is 6.92 Å². The average Bonchev–Trinajstić information content (AvgIpc) is 2.04. The van der Waals surface area contributed by atoms with Crippen LogP contribution in [0.3, 0.4) is 0 Å². The van der Waals surface area contributed by atoms with Crippen molar-refractivity contribution < 1.29 is 0 Å². The minimum atomic E-state index is 0.262. The van der Waals surface area contributed by atoms with Gasteiger partial charge in [0.05, 0.1) is 0 Å². The summed E-state index contributed by atoms with van der Waals surface area (Å²) < 4.78 is 0. The molecule has 1 nitrogen and oxygen atoms in total. The molecule has 0 aliphatic rings. The van der Waals surface area contributed by atoms with Crippen LogP contribution in [0.15, 0.2) is 24.3 Å². The lowest BCUT2D eigenvalue weighted by Gasteiger charge is -2.09. The van der Waals surface area contributed by atoms with Gasteiger partial charge in [-0.3, -0.25) is 0 Å². The van der Waals surface area contributed by atoms with Crippen LogP contribution >= 0.6 is 0 Å². The Bertz CT molecular complexity index is 241. The van der Waals surface area contributed by atoms with Gasteiger partial charge < -0.3 is 5.73 Å². The largest absolute Gasteiger partial charge is 0.328 e. The summed E-state index contributed by atoms with van der Waals surface area (Å²) in [7, 11) is 0. The normalized spacial score (nSPS) is 12.9. The first-order valence-corrected chi connectivity index (χ1v) is 4.56. The van der Waals surface area contributed by atoms with Crippen LogP contribution in [-0.4, -0.2) is 6.04 Å². The Labute approximate surface area is 74.6 Å². The topological polar surface area (TPSA) is 26.0 Å². The van der Waals surface area contributed by atoms with Gasteiger partial charge in [0.25, 0.3) is 0 Å². The van der Waals surface area contributed by atoms with Gasteiger partial charge in [-0.1, -0.05) is 31.2 Å². The van der Waals surface area contributed by atoms with Crippen molar-refractivity contribution in [2.45, 2.75) is 32.7 Å². The van der Waals surface area contributed by atoms with E-state index in [9.17, 15) is 0 Å². The summed E-state index contributed by atoms with van der Waals surface area (Å²) in [5.41, 5.74) is 8.57. The van der Waals surface area contributed by atoms with Gasteiger partial charge in [-0.2, -0.15) is 0 Å². The third-order valence-electron chi connectivity index (χ3n) is 2.04. The maximum Gasteiger partial charge on any atom is 0.00510 e. The van der Waals surface area contributed by atoms with Crippen LogP contribution in [0.1, 0.15) is 25.0 Å². The Morgan fingerprint density at radius 3 is 2.33 bits per heavy atom. The predicted octanol–water partition coefficient (Wildman–Crippen LogP) is 2.14. The molecule has 12 heavy (non-hydrogen) atoms. The fourth-order valence-electron chi connectivity index (χ4n) is 1.45. The summed E-state index contributed by atoms with van der Waals surface area (Å²) >= 11 is 0. The summed E-state index contributed by atoms with van der Waals surface area (Å²) in [5, 5.41) is 0. The van der Waals surface area contributed by atoms with Crippen molar-refractivity contribution in [3.8, 4) is 0 Å². The standard InChI is InChI=1S/C11H17N/c1-3-10-6-4-5-7-11(10)8-9(2)12/h4-7,9H,3,8,12H2,1-2H3. The molecule has 0 bridgehead atoms. The number of hydrogen-bond acceptors (Lipinski definition) is 1. The van der Waals surface area contributed by atoms with Crippen molar-refractivity contribution in [2.24, 2.45) is 5.73 Å². The van der Waals surface area contributed by atoms with Crippen molar-refractivity contribution in [1.29, 1.82) is 0 Å². The number of hydrogen-bond donors (Lipinski definition) is 1. The van der Waals surface area contributed by atoms with Crippen LogP contribution in [-0.2, 0) is 12.8 Å². The molecule has 0 fully saturated rings. The van der Waals surface area contributed by atoms with Crippen molar-refractivity contribution in [1.82, 2.24) is 0 Å². The molecule has 2 N–H and O–H groups in total. The minimum absolute atomic E-state index is 0.262. The highest BCUT2D eigenvalue weighted by Crippen LogP contribution is 2.10. The lowest BCUT2D eigenvalue weighted by molar-refractivity contribution is 0.732. The zero-order valence-electron chi connectivity index (χ0n) is 7.88. The van der Waals surface area contributed by atoms with Crippen molar-refractivity contribution in [2.75, 3.05) is 0 Å². The molecule has 0 aromatic heterocycles. The molecule has 66 valence electrons. The number of nitrogens with two attached hydrogens (primary N) is 1. The zero-order chi connectivity index (χ0) is 8.97. The highest BCUT2D eigenvalue weighted by Gasteiger charge is 2.01. The quantitative estimate of drug-likeness (QED) is 0.726. The first-order chi connectivity index (χ1) is 5.74. The maximum absolute atomic E-state index is 5.75. The smallest absolute Gasteiger partial charge is 0.00510 e. The van der Waals surface area contributed by atoms with Crippen molar-refractivity contribution in [3.05, 3.63) is 35.4 Å². The predicted molar refractivity (Wildman–Crippen MR) is 53.2 cm³/mol. The second-order valence-electron chi connectivity index (χ2n) is 3.30. The van der Waals surface area contributed by atoms with E-state index in [1.165, 1.54) is 11.1 Å². The number of benzene rings is 1. The molecule has 1 atom stereocenters. The molecule has 1 aromatic rings. The van der Waals surface area contributed by atoms with Crippen LogP contribution < -0.4 is 5.73 Å². The summed E-state index contributed by atoms with van der Waals surface area (Å²) in [6.07, 6.45) is 2.09. The molecular formula is C11H17N. The zero-order valence-corrected chi connectivity index (χ0v) is 7.88. The van der Waals surface area contributed by atoms with Crippen LogP contribution in [0.4, 0.5) is 0 Å². The summed E-state index contributed by atoms with van der Waals surface area (Å²) in [6, 6.07) is 8.78. The molecule has 0 aliphatic carbocycles. The second kappa shape index (κ2) is 4.27. The summed E-state index contributed by atoms with van der Waals surface area (Å²) in [5.74, 6) is 0. The molecule has 0 saturated carbocycles. The molecule has 1 aromatic carbocycles. The average molecular weight is 163 g/mol. The Hall–Kier alpha value is -0.820. The first kappa shape index (κ1) is 9.27. The van der Waals surface area contributed by atoms with Gasteiger partial charge in [0.2, 0.25) is 0 Å². The van der Waals surface area contributed by atoms with E-state index in [0.29, 0.717) is 0 Å². The molecule has 0 spiro atoms. The van der Waals surface area contributed by atoms with Gasteiger partial charge in [-0.05, 0) is 30.9 Å². The van der Waals surface area contributed by atoms with Gasteiger partial charge >= 0.3 is 0 Å². The maximum atomic E-state index is 5.75. The fourth-order valence-corrected chi connectivity index (χ4v) is 1.45. The van der Waals surface area contributed by atoms with Crippen LogP contribution in [0, 0.1) is 0 Å². The molecule has 1 heteroatoms. The van der Waals surface area contributed by atoms with Crippen molar-refractivity contribution in [3.63, 3.8) is 0 Å². The molecular weight excluding hydrogens is 146 g/mol. The summed E-state index contributed by atoms with van der Waals surface area (Å²) in [4.78, 5) is 0. The van der Waals surface area contributed by atoms with E-state index in [0.717, 1.165) is 12.8 Å². The van der Waals surface area contributed by atoms with Crippen LogP contribution in [0.5, 0.6) is 0 Å². The molecule has 0 saturated heterocycles. The number of rotatable bonds is 3. The van der Waals surface area contributed by atoms with Crippen molar-refractivity contribution >= 4 is 0 Å². The summed E-state index contributed by atoms with van der Waals surface area (Å²) in [6.45, 7) is 4.23. The van der Waals surface area contributed by atoms with E-state index in [2.05, 4.69) is 31.2 Å². The van der Waals surface area contributed by atoms with Gasteiger partial charge in [0.15, 0.2) is 0 Å². The van der Waals surface area contributed by atoms with E-state index in [1.54, 1.807) is 0 Å². The third kappa shape index (κ3) is 2.35. The Balaban J connectivity index is 2.82. The molecule has 0 aliphatic heterocycles. The van der Waals surface area contributed by atoms with Gasteiger partial charge in [-0.15, -0.1) is 0 Å². The lowest BCUT2D eigenvalue weighted by Crippen LogP contribution is -2.18. The highest BCUT2D eigenvalue weighted by atomic mass is 14.6. The molecule has 0 heterocycles.